The standard InChI is InChI=1S/C7H15NOSi/c1-10(2)5-3-4-7(9)8-6-10/h3-6H2,1-2H3,(H,8,9). The molecule has 0 spiro atoms. The van der Waals surface area contributed by atoms with Crippen LogP contribution in [-0.4, -0.2) is 20.1 Å². The van der Waals surface area contributed by atoms with Crippen molar-refractivity contribution in [3.05, 3.63) is 0 Å². The van der Waals surface area contributed by atoms with Crippen LogP contribution in [0.4, 0.5) is 0 Å². The van der Waals surface area contributed by atoms with E-state index in [0.717, 1.165) is 19.0 Å². The first-order valence-corrected chi connectivity index (χ1v) is 7.28. The Morgan fingerprint density at radius 1 is 1.50 bits per heavy atom. The third kappa shape index (κ3) is 2.14. The maximum Gasteiger partial charge on any atom is 0.219 e. The van der Waals surface area contributed by atoms with Crippen molar-refractivity contribution in [2.75, 3.05) is 6.17 Å². The van der Waals surface area contributed by atoms with E-state index >= 15 is 0 Å². The molecule has 1 rings (SSSR count). The van der Waals surface area contributed by atoms with Gasteiger partial charge in [-0.1, -0.05) is 19.1 Å². The van der Waals surface area contributed by atoms with E-state index < -0.39 is 8.07 Å². The summed E-state index contributed by atoms with van der Waals surface area (Å²) in [5, 5.41) is 2.96. The summed E-state index contributed by atoms with van der Waals surface area (Å²) >= 11 is 0. The van der Waals surface area contributed by atoms with E-state index in [1.165, 1.54) is 6.04 Å². The zero-order valence-corrected chi connectivity index (χ0v) is 7.74. The van der Waals surface area contributed by atoms with E-state index in [2.05, 4.69) is 18.4 Å². The monoisotopic (exact) mass is 157 g/mol. The minimum Gasteiger partial charge on any atom is -0.359 e. The molecular weight excluding hydrogens is 142 g/mol. The number of rotatable bonds is 0. The molecule has 0 aromatic rings. The Hall–Kier alpha value is -0.313. The van der Waals surface area contributed by atoms with Crippen LogP contribution in [0.15, 0.2) is 0 Å². The zero-order valence-electron chi connectivity index (χ0n) is 6.74. The number of carbonyl (C=O) groups is 1. The summed E-state index contributed by atoms with van der Waals surface area (Å²) in [5.41, 5.74) is 0. The minimum absolute atomic E-state index is 0.248. The summed E-state index contributed by atoms with van der Waals surface area (Å²) in [5.74, 6) is 0.248. The smallest absolute Gasteiger partial charge is 0.219 e. The second-order valence-corrected chi connectivity index (χ2v) is 8.98. The van der Waals surface area contributed by atoms with Gasteiger partial charge in [0.2, 0.25) is 5.91 Å². The SMILES string of the molecule is C[Si]1(C)CCCC(=O)NC1. The van der Waals surface area contributed by atoms with E-state index in [1.807, 2.05) is 0 Å². The highest BCUT2D eigenvalue weighted by Gasteiger charge is 2.24. The van der Waals surface area contributed by atoms with Crippen molar-refractivity contribution in [1.82, 2.24) is 5.32 Å². The summed E-state index contributed by atoms with van der Waals surface area (Å²) in [7, 11) is -1.01. The van der Waals surface area contributed by atoms with Gasteiger partial charge in [0.1, 0.15) is 0 Å². The van der Waals surface area contributed by atoms with Gasteiger partial charge >= 0.3 is 0 Å². The lowest BCUT2D eigenvalue weighted by molar-refractivity contribution is -0.120. The molecule has 0 radical (unpaired) electrons. The van der Waals surface area contributed by atoms with Gasteiger partial charge in [-0.2, -0.15) is 0 Å². The summed E-state index contributed by atoms with van der Waals surface area (Å²) in [6, 6.07) is 1.30. The van der Waals surface area contributed by atoms with E-state index in [9.17, 15) is 4.79 Å². The van der Waals surface area contributed by atoms with E-state index in [-0.39, 0.29) is 5.91 Å². The van der Waals surface area contributed by atoms with Crippen molar-refractivity contribution in [3.63, 3.8) is 0 Å². The molecule has 1 saturated heterocycles. The maximum atomic E-state index is 10.9. The predicted molar refractivity (Wildman–Crippen MR) is 44.5 cm³/mol. The molecule has 0 aliphatic carbocycles. The summed E-state index contributed by atoms with van der Waals surface area (Å²) < 4.78 is 0. The van der Waals surface area contributed by atoms with E-state index in [4.69, 9.17) is 0 Å². The highest BCUT2D eigenvalue weighted by Crippen LogP contribution is 2.15. The van der Waals surface area contributed by atoms with Crippen LogP contribution in [0.2, 0.25) is 19.1 Å². The molecule has 0 aromatic carbocycles. The van der Waals surface area contributed by atoms with Crippen LogP contribution in [0.3, 0.4) is 0 Å². The van der Waals surface area contributed by atoms with Gasteiger partial charge in [-0.05, 0) is 6.42 Å². The lowest BCUT2D eigenvalue weighted by Gasteiger charge is -2.18. The summed E-state index contributed by atoms with van der Waals surface area (Å²) in [6.07, 6.45) is 2.83. The number of nitrogens with one attached hydrogen (secondary N) is 1. The lowest BCUT2D eigenvalue weighted by Crippen LogP contribution is -2.39. The normalized spacial score (nSPS) is 25.2. The Balaban J connectivity index is 2.48. The number of amides is 1. The highest BCUT2D eigenvalue weighted by atomic mass is 28.3. The molecule has 1 heterocycles. The van der Waals surface area contributed by atoms with Crippen molar-refractivity contribution in [2.45, 2.75) is 32.0 Å². The topological polar surface area (TPSA) is 29.1 Å². The first kappa shape index (κ1) is 7.79. The number of hydrogen-bond donors (Lipinski definition) is 1. The molecule has 1 N–H and O–H groups in total. The van der Waals surface area contributed by atoms with Gasteiger partial charge in [0.15, 0.2) is 0 Å². The third-order valence-electron chi connectivity index (χ3n) is 2.02. The van der Waals surface area contributed by atoms with Crippen LogP contribution in [-0.2, 0) is 4.79 Å². The molecule has 1 aliphatic heterocycles. The summed E-state index contributed by atoms with van der Waals surface area (Å²) in [4.78, 5) is 10.9. The fraction of sp³-hybridized carbons (Fsp3) is 0.857. The largest absolute Gasteiger partial charge is 0.359 e. The van der Waals surface area contributed by atoms with Gasteiger partial charge in [-0.3, -0.25) is 4.79 Å². The molecule has 1 fully saturated rings. The molecular formula is C7H15NOSi. The van der Waals surface area contributed by atoms with Gasteiger partial charge in [0.25, 0.3) is 0 Å². The molecule has 0 aromatic heterocycles. The van der Waals surface area contributed by atoms with Crippen LogP contribution in [0.5, 0.6) is 0 Å². The second kappa shape index (κ2) is 2.74. The molecule has 1 aliphatic rings. The first-order valence-electron chi connectivity index (χ1n) is 3.87. The molecule has 10 heavy (non-hydrogen) atoms. The molecule has 1 amide bonds. The van der Waals surface area contributed by atoms with Gasteiger partial charge in [-0.25, -0.2) is 0 Å². The Morgan fingerprint density at radius 2 is 2.20 bits per heavy atom. The molecule has 3 heteroatoms. The minimum atomic E-state index is -1.01. The molecule has 0 atom stereocenters. The fourth-order valence-corrected chi connectivity index (χ4v) is 3.23. The Labute approximate surface area is 63.0 Å². The highest BCUT2D eigenvalue weighted by molar-refractivity contribution is 6.77. The first-order chi connectivity index (χ1) is 4.60. The Kier molecular flexibility index (Phi) is 2.13. The van der Waals surface area contributed by atoms with E-state index in [1.54, 1.807) is 0 Å². The van der Waals surface area contributed by atoms with Crippen molar-refractivity contribution in [2.24, 2.45) is 0 Å². The molecule has 0 unspecified atom stereocenters. The van der Waals surface area contributed by atoms with Crippen LogP contribution in [0, 0.1) is 0 Å². The average Bonchev–Trinajstić information content (AvgIpc) is 1.94. The quantitative estimate of drug-likeness (QED) is 0.525. The number of carbonyl (C=O) groups excluding carboxylic acids is 1. The lowest BCUT2D eigenvalue weighted by atomic mass is 10.3. The molecule has 0 saturated carbocycles. The Morgan fingerprint density at radius 3 is 2.90 bits per heavy atom. The van der Waals surface area contributed by atoms with Crippen LogP contribution in [0.25, 0.3) is 0 Å². The Bertz CT molecular complexity index is 145. The van der Waals surface area contributed by atoms with Gasteiger partial charge in [0.05, 0.1) is 8.07 Å². The van der Waals surface area contributed by atoms with Gasteiger partial charge in [0, 0.05) is 12.6 Å². The van der Waals surface area contributed by atoms with Crippen LogP contribution < -0.4 is 5.32 Å². The molecule has 0 bridgehead atoms. The second-order valence-electron chi connectivity index (χ2n) is 3.79. The fourth-order valence-electron chi connectivity index (χ4n) is 1.24. The van der Waals surface area contributed by atoms with Crippen LogP contribution >= 0.6 is 0 Å². The maximum absolute atomic E-state index is 10.9. The predicted octanol–water partition coefficient (Wildman–Crippen LogP) is 1.14. The molecule has 2 nitrogen and oxygen atoms in total. The van der Waals surface area contributed by atoms with E-state index in [0.29, 0.717) is 0 Å². The van der Waals surface area contributed by atoms with Gasteiger partial charge < -0.3 is 5.32 Å². The average molecular weight is 157 g/mol. The summed E-state index contributed by atoms with van der Waals surface area (Å²) in [6.45, 7) is 4.66. The van der Waals surface area contributed by atoms with Gasteiger partial charge in [-0.15, -0.1) is 0 Å². The van der Waals surface area contributed by atoms with Crippen molar-refractivity contribution >= 4 is 14.0 Å². The third-order valence-corrected chi connectivity index (χ3v) is 4.86. The van der Waals surface area contributed by atoms with Crippen molar-refractivity contribution in [3.8, 4) is 0 Å². The van der Waals surface area contributed by atoms with Crippen LogP contribution in [0.1, 0.15) is 12.8 Å². The van der Waals surface area contributed by atoms with Crippen molar-refractivity contribution in [1.29, 1.82) is 0 Å². The zero-order chi connectivity index (χ0) is 7.61. The number of hydrogen-bond acceptors (Lipinski definition) is 1. The van der Waals surface area contributed by atoms with Crippen molar-refractivity contribution < 1.29 is 4.79 Å². The molecule has 58 valence electrons.